The van der Waals surface area contributed by atoms with Gasteiger partial charge in [0, 0.05) is 4.70 Å². The van der Waals surface area contributed by atoms with Crippen molar-refractivity contribution < 1.29 is 0 Å². The molecule has 0 aliphatic heterocycles. The second-order valence-corrected chi connectivity index (χ2v) is 5.62. The molecule has 2 heteroatoms. The Hall–Kier alpha value is -0.755. The zero-order valence-corrected chi connectivity index (χ0v) is 10.2. The van der Waals surface area contributed by atoms with Crippen LogP contribution in [-0.4, -0.2) is 7.85 Å². The van der Waals surface area contributed by atoms with Crippen molar-refractivity contribution >= 4 is 29.3 Å². The summed E-state index contributed by atoms with van der Waals surface area (Å²) >= 11 is 1.87. The monoisotopic (exact) mass is 226 g/mol. The van der Waals surface area contributed by atoms with E-state index in [0.717, 1.165) is 5.92 Å². The molecule has 1 heterocycles. The van der Waals surface area contributed by atoms with E-state index >= 15 is 0 Å². The molecule has 0 saturated heterocycles. The van der Waals surface area contributed by atoms with Gasteiger partial charge >= 0.3 is 0 Å². The predicted molar refractivity (Wildman–Crippen MR) is 72.5 cm³/mol. The lowest BCUT2D eigenvalue weighted by molar-refractivity contribution is 0.732. The van der Waals surface area contributed by atoms with Crippen molar-refractivity contribution in [3.63, 3.8) is 0 Å². The summed E-state index contributed by atoms with van der Waals surface area (Å²) in [5, 5.41) is 3.83. The van der Waals surface area contributed by atoms with Gasteiger partial charge in [0.15, 0.2) is 0 Å². The molecule has 2 radical (unpaired) electrons. The summed E-state index contributed by atoms with van der Waals surface area (Å²) < 4.78 is 1.41. The van der Waals surface area contributed by atoms with Crippen LogP contribution in [0.15, 0.2) is 23.6 Å². The van der Waals surface area contributed by atoms with Crippen LogP contribution in [0.5, 0.6) is 0 Å². The van der Waals surface area contributed by atoms with Gasteiger partial charge in [-0.3, -0.25) is 0 Å². The highest BCUT2D eigenvalue weighted by molar-refractivity contribution is 7.17. The summed E-state index contributed by atoms with van der Waals surface area (Å²) in [6.45, 7) is 0. The summed E-state index contributed by atoms with van der Waals surface area (Å²) in [6.07, 6.45) is 6.22. The minimum absolute atomic E-state index is 0.645. The van der Waals surface area contributed by atoms with Crippen molar-refractivity contribution in [2.24, 2.45) is 0 Å². The standard InChI is InChI=1S/C14H15BS/c15-8-10-5-6-12-13(9-16-14(12)7-10)11-3-1-2-4-11/h5-7,9,11H,1-4,8H2. The Balaban J connectivity index is 2.06. The molecule has 80 valence electrons. The molecule has 1 aliphatic rings. The fourth-order valence-electron chi connectivity index (χ4n) is 2.77. The highest BCUT2D eigenvalue weighted by Crippen LogP contribution is 2.40. The van der Waals surface area contributed by atoms with Gasteiger partial charge in [0.05, 0.1) is 7.85 Å². The molecule has 0 spiro atoms. The van der Waals surface area contributed by atoms with E-state index in [-0.39, 0.29) is 0 Å². The summed E-state index contributed by atoms with van der Waals surface area (Å²) in [5.74, 6) is 0.817. The van der Waals surface area contributed by atoms with E-state index in [2.05, 4.69) is 23.6 Å². The summed E-state index contributed by atoms with van der Waals surface area (Å²) in [4.78, 5) is 0. The van der Waals surface area contributed by atoms with E-state index in [9.17, 15) is 0 Å². The average molecular weight is 226 g/mol. The predicted octanol–water partition coefficient (Wildman–Crippen LogP) is 4.23. The molecule has 0 bridgehead atoms. The van der Waals surface area contributed by atoms with Crippen molar-refractivity contribution in [3.05, 3.63) is 34.7 Å². The molecule has 0 unspecified atom stereocenters. The fourth-order valence-corrected chi connectivity index (χ4v) is 3.88. The molecule has 1 aliphatic carbocycles. The Bertz CT molecular complexity index is 494. The molecule has 1 saturated carbocycles. The van der Waals surface area contributed by atoms with Crippen LogP contribution in [0.1, 0.15) is 42.7 Å². The van der Waals surface area contributed by atoms with Gasteiger partial charge in [-0.2, -0.15) is 0 Å². The van der Waals surface area contributed by atoms with Crippen LogP contribution in [-0.2, 0) is 6.32 Å². The largest absolute Gasteiger partial charge is 0.144 e. The minimum atomic E-state index is 0.645. The Morgan fingerprint density at radius 2 is 2.06 bits per heavy atom. The van der Waals surface area contributed by atoms with Gasteiger partial charge in [-0.15, -0.1) is 11.3 Å². The van der Waals surface area contributed by atoms with Crippen LogP contribution in [0.4, 0.5) is 0 Å². The Labute approximate surface area is 102 Å². The van der Waals surface area contributed by atoms with Crippen molar-refractivity contribution in [2.75, 3.05) is 0 Å². The minimum Gasteiger partial charge on any atom is -0.144 e. The zero-order valence-electron chi connectivity index (χ0n) is 9.41. The molecule has 2 aromatic rings. The topological polar surface area (TPSA) is 0 Å². The van der Waals surface area contributed by atoms with Crippen molar-refractivity contribution in [2.45, 2.75) is 37.9 Å². The van der Waals surface area contributed by atoms with Gasteiger partial charge in [0.25, 0.3) is 0 Å². The molecule has 0 N–H and O–H groups in total. The van der Waals surface area contributed by atoms with E-state index in [4.69, 9.17) is 7.85 Å². The van der Waals surface area contributed by atoms with Gasteiger partial charge in [0.2, 0.25) is 0 Å². The number of hydrogen-bond acceptors (Lipinski definition) is 1. The first kappa shape index (κ1) is 10.4. The number of rotatable bonds is 2. The van der Waals surface area contributed by atoms with Crippen LogP contribution in [0, 0.1) is 0 Å². The molecule has 1 aromatic heterocycles. The molecule has 1 fully saturated rings. The van der Waals surface area contributed by atoms with Crippen LogP contribution >= 0.6 is 11.3 Å². The second-order valence-electron chi connectivity index (χ2n) is 4.71. The van der Waals surface area contributed by atoms with Crippen LogP contribution in [0.3, 0.4) is 0 Å². The van der Waals surface area contributed by atoms with Gasteiger partial charge in [-0.05, 0) is 41.2 Å². The van der Waals surface area contributed by atoms with E-state index < -0.39 is 0 Å². The highest BCUT2D eigenvalue weighted by Gasteiger charge is 2.19. The molecule has 3 rings (SSSR count). The molecule has 16 heavy (non-hydrogen) atoms. The van der Waals surface area contributed by atoms with Crippen LogP contribution in [0.2, 0.25) is 0 Å². The molecule has 0 nitrogen and oxygen atoms in total. The van der Waals surface area contributed by atoms with E-state index in [1.54, 1.807) is 5.56 Å². The van der Waals surface area contributed by atoms with Gasteiger partial charge in [-0.1, -0.05) is 36.9 Å². The first-order chi connectivity index (χ1) is 7.88. The number of benzene rings is 1. The normalized spacial score (nSPS) is 17.2. The SMILES string of the molecule is [B]Cc1ccc2c(C3CCCC3)csc2c1. The Morgan fingerprint density at radius 1 is 1.25 bits per heavy atom. The third-order valence-corrected chi connectivity index (χ3v) is 4.66. The van der Waals surface area contributed by atoms with Crippen molar-refractivity contribution in [3.8, 4) is 0 Å². The summed E-state index contributed by atoms with van der Waals surface area (Å²) in [6, 6.07) is 6.69. The van der Waals surface area contributed by atoms with E-state index in [1.165, 1.54) is 41.3 Å². The first-order valence-electron chi connectivity index (χ1n) is 6.08. The quantitative estimate of drug-likeness (QED) is 0.672. The lowest BCUT2D eigenvalue weighted by Gasteiger charge is -2.07. The maximum Gasteiger partial charge on any atom is 0.0716 e. The summed E-state index contributed by atoms with van der Waals surface area (Å²) in [5.41, 5.74) is 2.83. The molecule has 0 amide bonds. The van der Waals surface area contributed by atoms with Crippen LogP contribution in [0.25, 0.3) is 10.1 Å². The van der Waals surface area contributed by atoms with E-state index in [1.807, 2.05) is 11.3 Å². The summed E-state index contributed by atoms with van der Waals surface area (Å²) in [7, 11) is 5.67. The Morgan fingerprint density at radius 3 is 2.81 bits per heavy atom. The molecule has 0 atom stereocenters. The maximum absolute atomic E-state index is 5.67. The van der Waals surface area contributed by atoms with Gasteiger partial charge in [-0.25, -0.2) is 0 Å². The van der Waals surface area contributed by atoms with Crippen LogP contribution < -0.4 is 0 Å². The average Bonchev–Trinajstić information content (AvgIpc) is 2.96. The number of fused-ring (bicyclic) bond motifs is 1. The molecular formula is C14H15BS. The lowest BCUT2D eigenvalue weighted by atomic mass is 9.93. The smallest absolute Gasteiger partial charge is 0.0716 e. The third-order valence-electron chi connectivity index (χ3n) is 3.70. The van der Waals surface area contributed by atoms with Gasteiger partial charge in [0.1, 0.15) is 0 Å². The molecular weight excluding hydrogens is 211 g/mol. The number of hydrogen-bond donors (Lipinski definition) is 0. The van der Waals surface area contributed by atoms with E-state index in [0.29, 0.717) is 6.32 Å². The molecule has 1 aromatic carbocycles. The maximum atomic E-state index is 5.67. The fraction of sp³-hybridized carbons (Fsp3) is 0.429. The second kappa shape index (κ2) is 4.25. The zero-order chi connectivity index (χ0) is 11.0. The third kappa shape index (κ3) is 1.69. The lowest BCUT2D eigenvalue weighted by Crippen LogP contribution is -1.90. The van der Waals surface area contributed by atoms with Crippen molar-refractivity contribution in [1.29, 1.82) is 0 Å². The first-order valence-corrected chi connectivity index (χ1v) is 6.96. The number of thiophene rings is 1. The van der Waals surface area contributed by atoms with Gasteiger partial charge < -0.3 is 0 Å². The highest BCUT2D eigenvalue weighted by atomic mass is 32.1. The van der Waals surface area contributed by atoms with Crippen molar-refractivity contribution in [1.82, 2.24) is 0 Å². The Kier molecular flexibility index (Phi) is 2.76.